The first-order valence-corrected chi connectivity index (χ1v) is 4.49. The topological polar surface area (TPSA) is 24.1 Å². The van der Waals surface area contributed by atoms with E-state index in [0.29, 0.717) is 11.4 Å². The summed E-state index contributed by atoms with van der Waals surface area (Å²) in [6.45, 7) is 6.35. The first-order chi connectivity index (χ1) is 4.16. The molecule has 0 amide bonds. The molecule has 3 heteroatoms. The van der Waals surface area contributed by atoms with Gasteiger partial charge in [0.05, 0.1) is 5.37 Å². The van der Waals surface area contributed by atoms with E-state index >= 15 is 0 Å². The summed E-state index contributed by atoms with van der Waals surface area (Å²) in [6, 6.07) is 0.514. The maximum Gasteiger partial charge on any atom is 0.0635 e. The van der Waals surface area contributed by atoms with Gasteiger partial charge >= 0.3 is 0 Å². The van der Waals surface area contributed by atoms with Crippen molar-refractivity contribution in [1.29, 1.82) is 0 Å². The molecule has 9 heavy (non-hydrogen) atoms. The number of hydrogen-bond acceptors (Lipinski definition) is 3. The zero-order valence-corrected chi connectivity index (χ0v) is 7.38. The maximum atomic E-state index is 3.14. The lowest BCUT2D eigenvalue weighted by Gasteiger charge is -2.14. The monoisotopic (exact) mass is 148 g/mol. The molecule has 0 aromatic carbocycles. The molecule has 2 N–H and O–H groups in total. The first kappa shape index (κ1) is 9.27. The second kappa shape index (κ2) is 5.09. The minimum absolute atomic E-state index is 0.493. The van der Waals surface area contributed by atoms with Gasteiger partial charge in [0.15, 0.2) is 0 Å². The third-order valence-corrected chi connectivity index (χ3v) is 1.75. The van der Waals surface area contributed by atoms with Crippen molar-refractivity contribution in [3.63, 3.8) is 0 Å². The van der Waals surface area contributed by atoms with Crippen molar-refractivity contribution in [1.82, 2.24) is 10.9 Å². The first-order valence-electron chi connectivity index (χ1n) is 3.20. The van der Waals surface area contributed by atoms with Crippen molar-refractivity contribution in [2.75, 3.05) is 6.26 Å². The molecule has 0 radical (unpaired) electrons. The normalized spacial score (nSPS) is 14.3. The minimum Gasteiger partial charge on any atom is -0.254 e. The molecule has 0 rings (SSSR count). The highest BCUT2D eigenvalue weighted by Crippen LogP contribution is 1.98. The van der Waals surface area contributed by atoms with Gasteiger partial charge in [0.1, 0.15) is 0 Å². The molecule has 0 aliphatic rings. The van der Waals surface area contributed by atoms with Gasteiger partial charge in [-0.25, -0.2) is 5.43 Å². The molecule has 0 aromatic rings. The third kappa shape index (κ3) is 6.15. The van der Waals surface area contributed by atoms with Crippen LogP contribution in [-0.2, 0) is 0 Å². The molecular formula is C6H16N2S. The molecule has 2 nitrogen and oxygen atoms in total. The van der Waals surface area contributed by atoms with Gasteiger partial charge in [0.25, 0.3) is 0 Å². The predicted octanol–water partition coefficient (Wildman–Crippen LogP) is 1.20. The highest BCUT2D eigenvalue weighted by Gasteiger charge is 1.96. The van der Waals surface area contributed by atoms with E-state index in [-0.39, 0.29) is 0 Å². The average Bonchev–Trinajstić information content (AvgIpc) is 1.83. The molecule has 0 bridgehead atoms. The van der Waals surface area contributed by atoms with Crippen LogP contribution < -0.4 is 10.9 Å². The van der Waals surface area contributed by atoms with Crippen molar-refractivity contribution < 1.29 is 0 Å². The van der Waals surface area contributed by atoms with E-state index in [2.05, 4.69) is 37.9 Å². The maximum absolute atomic E-state index is 3.14. The fourth-order valence-corrected chi connectivity index (χ4v) is 0.529. The lowest BCUT2D eigenvalue weighted by Crippen LogP contribution is -2.41. The molecule has 0 aliphatic heterocycles. The molecule has 1 unspecified atom stereocenters. The van der Waals surface area contributed by atoms with Crippen LogP contribution in [0.5, 0.6) is 0 Å². The summed E-state index contributed by atoms with van der Waals surface area (Å²) in [5, 5.41) is 0.493. The van der Waals surface area contributed by atoms with Crippen molar-refractivity contribution in [2.24, 2.45) is 0 Å². The van der Waals surface area contributed by atoms with Gasteiger partial charge in [-0.1, -0.05) is 0 Å². The molecule has 0 aliphatic carbocycles. The lowest BCUT2D eigenvalue weighted by molar-refractivity contribution is 0.471. The van der Waals surface area contributed by atoms with Crippen molar-refractivity contribution in [3.05, 3.63) is 0 Å². The summed E-state index contributed by atoms with van der Waals surface area (Å²) in [4.78, 5) is 0. The largest absolute Gasteiger partial charge is 0.254 e. The van der Waals surface area contributed by atoms with Crippen molar-refractivity contribution >= 4 is 11.8 Å². The fourth-order valence-electron chi connectivity index (χ4n) is 0.343. The summed E-state index contributed by atoms with van der Waals surface area (Å²) in [7, 11) is 0. The molecule has 0 heterocycles. The Kier molecular flexibility index (Phi) is 5.24. The Labute approximate surface area is 61.8 Å². The van der Waals surface area contributed by atoms with E-state index < -0.39 is 0 Å². The third-order valence-electron chi connectivity index (χ3n) is 0.929. The van der Waals surface area contributed by atoms with Gasteiger partial charge in [-0.05, 0) is 27.0 Å². The quantitative estimate of drug-likeness (QED) is 0.463. The van der Waals surface area contributed by atoms with Crippen LogP contribution >= 0.6 is 11.8 Å². The summed E-state index contributed by atoms with van der Waals surface area (Å²) >= 11 is 1.79. The number of hydrazine groups is 1. The van der Waals surface area contributed by atoms with Crippen LogP contribution in [0.2, 0.25) is 0 Å². The fraction of sp³-hybridized carbons (Fsp3) is 1.00. The number of nitrogens with one attached hydrogen (secondary N) is 2. The summed E-state index contributed by atoms with van der Waals surface area (Å²) in [5.41, 5.74) is 6.27. The zero-order chi connectivity index (χ0) is 7.28. The predicted molar refractivity (Wildman–Crippen MR) is 44.4 cm³/mol. The lowest BCUT2D eigenvalue weighted by atomic mass is 10.4. The van der Waals surface area contributed by atoms with Crippen LogP contribution in [0.15, 0.2) is 0 Å². The van der Waals surface area contributed by atoms with Crippen LogP contribution in [-0.4, -0.2) is 17.7 Å². The number of rotatable bonds is 4. The molecule has 1 atom stereocenters. The van der Waals surface area contributed by atoms with Crippen LogP contribution in [0.3, 0.4) is 0 Å². The van der Waals surface area contributed by atoms with E-state index in [1.807, 2.05) is 0 Å². The molecule has 0 saturated carbocycles. The van der Waals surface area contributed by atoms with E-state index in [1.165, 1.54) is 0 Å². The summed E-state index contributed by atoms with van der Waals surface area (Å²) in [6.07, 6.45) is 2.08. The van der Waals surface area contributed by atoms with E-state index in [1.54, 1.807) is 11.8 Å². The average molecular weight is 148 g/mol. The Morgan fingerprint density at radius 3 is 2.00 bits per heavy atom. The van der Waals surface area contributed by atoms with E-state index in [4.69, 9.17) is 0 Å². The zero-order valence-electron chi connectivity index (χ0n) is 6.56. The molecule has 0 fully saturated rings. The Balaban J connectivity index is 3.06. The van der Waals surface area contributed by atoms with Crippen LogP contribution in [0.25, 0.3) is 0 Å². The van der Waals surface area contributed by atoms with Gasteiger partial charge in [-0.3, -0.25) is 5.43 Å². The standard InChI is InChI=1S/C6H16N2S/c1-5(2)7-8-6(3)9-4/h5-8H,1-4H3. The summed E-state index contributed by atoms with van der Waals surface area (Å²) < 4.78 is 0. The van der Waals surface area contributed by atoms with Crippen molar-refractivity contribution in [3.8, 4) is 0 Å². The van der Waals surface area contributed by atoms with Gasteiger partial charge in [0.2, 0.25) is 0 Å². The SMILES string of the molecule is CSC(C)NNC(C)C. The van der Waals surface area contributed by atoms with Gasteiger partial charge < -0.3 is 0 Å². The number of hydrogen-bond donors (Lipinski definition) is 2. The molecule has 0 saturated heterocycles. The molecule has 0 spiro atoms. The second-order valence-electron chi connectivity index (χ2n) is 2.32. The Morgan fingerprint density at radius 2 is 1.67 bits per heavy atom. The Hall–Kier alpha value is 0.270. The minimum atomic E-state index is 0.493. The van der Waals surface area contributed by atoms with Crippen LogP contribution in [0, 0.1) is 0 Å². The van der Waals surface area contributed by atoms with Gasteiger partial charge in [-0.2, -0.15) is 0 Å². The second-order valence-corrected chi connectivity index (χ2v) is 3.50. The van der Waals surface area contributed by atoms with Gasteiger partial charge in [0, 0.05) is 6.04 Å². The van der Waals surface area contributed by atoms with E-state index in [0.717, 1.165) is 0 Å². The highest BCUT2D eigenvalue weighted by atomic mass is 32.2. The molecule has 56 valence electrons. The van der Waals surface area contributed by atoms with Crippen LogP contribution in [0.4, 0.5) is 0 Å². The van der Waals surface area contributed by atoms with Gasteiger partial charge in [-0.15, -0.1) is 11.8 Å². The van der Waals surface area contributed by atoms with Crippen molar-refractivity contribution in [2.45, 2.75) is 32.2 Å². The molecule has 0 aromatic heterocycles. The Morgan fingerprint density at radius 1 is 1.11 bits per heavy atom. The number of thioether (sulfide) groups is 1. The highest BCUT2D eigenvalue weighted by molar-refractivity contribution is 7.99. The smallest absolute Gasteiger partial charge is 0.0635 e. The van der Waals surface area contributed by atoms with Crippen LogP contribution in [0.1, 0.15) is 20.8 Å². The van der Waals surface area contributed by atoms with E-state index in [9.17, 15) is 0 Å². The molecular weight excluding hydrogens is 132 g/mol. The summed E-state index contributed by atoms with van der Waals surface area (Å²) in [5.74, 6) is 0. The Bertz CT molecular complexity index is 66.1.